The fourth-order valence-electron chi connectivity index (χ4n) is 0.0498. The highest BCUT2D eigenvalue weighted by Crippen LogP contribution is 1.79. The van der Waals surface area contributed by atoms with Crippen LogP contribution in [0.4, 0.5) is 0 Å². The summed E-state index contributed by atoms with van der Waals surface area (Å²) in [6.07, 6.45) is 0. The zero-order valence-corrected chi connectivity index (χ0v) is 6.69. The van der Waals surface area contributed by atoms with Gasteiger partial charge in [0.2, 0.25) is 0 Å². The Morgan fingerprint density at radius 3 is 1.50 bits per heavy atom. The summed E-state index contributed by atoms with van der Waals surface area (Å²) in [6, 6.07) is 0. The Labute approximate surface area is 69.9 Å². The van der Waals surface area contributed by atoms with Gasteiger partial charge in [0.05, 0.1) is 0 Å². The van der Waals surface area contributed by atoms with Crippen LogP contribution in [0.1, 0.15) is 2.85 Å². The Kier molecular flexibility index (Phi) is 8.89. The van der Waals surface area contributed by atoms with Crippen molar-refractivity contribution in [3.05, 3.63) is 0 Å². The van der Waals surface area contributed by atoms with Gasteiger partial charge in [0, 0.05) is 25.9 Å². The summed E-state index contributed by atoms with van der Waals surface area (Å²) in [4.78, 5) is 0. The molecule has 0 fully saturated rings. The average molecular weight is 174 g/mol. The Morgan fingerprint density at radius 2 is 1.50 bits per heavy atom. The highest BCUT2D eigenvalue weighted by Gasteiger charge is 1.95. The minimum absolute atomic E-state index is 0. The van der Waals surface area contributed by atoms with Gasteiger partial charge in [-0.25, -0.2) is 0 Å². The smallest absolute Gasteiger partial charge is 0.283 e. The topological polar surface area (TPSA) is 83.8 Å². The molecule has 0 aliphatic heterocycles. The SMILES string of the molecule is O=S(O)OS(=O)O.[HH].[HH].[Mg]. The quantitative estimate of drug-likeness (QED) is 0.431. The molecule has 5 nitrogen and oxygen atoms in total. The van der Waals surface area contributed by atoms with Crippen LogP contribution in [0.2, 0.25) is 0 Å². The maximum absolute atomic E-state index is 9.35. The molecule has 0 aromatic carbocycles. The highest BCUT2D eigenvalue weighted by molar-refractivity contribution is 7.87. The summed E-state index contributed by atoms with van der Waals surface area (Å²) >= 11 is -5.29. The van der Waals surface area contributed by atoms with Crippen LogP contribution in [0.15, 0.2) is 0 Å². The third-order valence-electron chi connectivity index (χ3n) is 0.116. The fourth-order valence-corrected chi connectivity index (χ4v) is 0.448. The molecule has 0 aromatic heterocycles. The van der Waals surface area contributed by atoms with E-state index in [2.05, 4.69) is 3.63 Å². The van der Waals surface area contributed by atoms with E-state index in [9.17, 15) is 8.42 Å². The van der Waals surface area contributed by atoms with Crippen LogP contribution in [-0.4, -0.2) is 40.6 Å². The molecule has 2 radical (unpaired) electrons. The van der Waals surface area contributed by atoms with Crippen LogP contribution in [0.25, 0.3) is 0 Å². The highest BCUT2D eigenvalue weighted by atomic mass is 32.3. The van der Waals surface area contributed by atoms with E-state index >= 15 is 0 Å². The van der Waals surface area contributed by atoms with E-state index in [0.717, 1.165) is 0 Å². The first kappa shape index (κ1) is 11.7. The second kappa shape index (κ2) is 6.07. The first-order valence-electron chi connectivity index (χ1n) is 1.03. The van der Waals surface area contributed by atoms with E-state index in [1.807, 2.05) is 0 Å². The van der Waals surface area contributed by atoms with Gasteiger partial charge in [0.15, 0.2) is 0 Å². The zero-order chi connectivity index (χ0) is 5.86. The Bertz CT molecular complexity index is 93.8. The largest absolute Gasteiger partial charge is 0.317 e. The van der Waals surface area contributed by atoms with Gasteiger partial charge in [0.25, 0.3) is 0 Å². The van der Waals surface area contributed by atoms with Crippen molar-refractivity contribution in [2.24, 2.45) is 0 Å². The Hall–Kier alpha value is 0.946. The number of rotatable bonds is 2. The third kappa shape index (κ3) is 10.0. The molecule has 0 aromatic rings. The third-order valence-corrected chi connectivity index (χ3v) is 1.05. The summed E-state index contributed by atoms with van der Waals surface area (Å²) in [5.74, 6) is 0. The standard InChI is InChI=1S/Mg.H2O5S2.2H2/c;1-6(2)5-7(3)4;;/h;(H,1,2)(H,3,4);2*1H. The molecular formula is H6MgO5S2. The molecule has 0 aliphatic carbocycles. The van der Waals surface area contributed by atoms with Gasteiger partial charge in [-0.2, -0.15) is 8.42 Å². The van der Waals surface area contributed by atoms with Crippen molar-refractivity contribution in [3.8, 4) is 0 Å². The van der Waals surface area contributed by atoms with Crippen LogP contribution in [0.5, 0.6) is 0 Å². The van der Waals surface area contributed by atoms with Gasteiger partial charge < -0.3 is 0 Å². The first-order chi connectivity index (χ1) is 3.13. The lowest BCUT2D eigenvalue weighted by atomic mass is 15.8. The van der Waals surface area contributed by atoms with Crippen molar-refractivity contribution < 1.29 is 24.0 Å². The molecule has 0 saturated heterocycles. The van der Waals surface area contributed by atoms with Crippen molar-refractivity contribution >= 4 is 45.8 Å². The van der Waals surface area contributed by atoms with Crippen molar-refractivity contribution in [1.29, 1.82) is 0 Å². The zero-order valence-electron chi connectivity index (χ0n) is 3.64. The molecule has 0 aliphatic rings. The Balaban J connectivity index is -0.0000000600. The van der Waals surface area contributed by atoms with Crippen LogP contribution in [0.3, 0.4) is 0 Å². The Morgan fingerprint density at radius 1 is 1.25 bits per heavy atom. The van der Waals surface area contributed by atoms with E-state index in [4.69, 9.17) is 9.11 Å². The summed E-state index contributed by atoms with van der Waals surface area (Å²) in [5, 5.41) is 0. The molecular weight excluding hydrogens is 168 g/mol. The van der Waals surface area contributed by atoms with Crippen molar-refractivity contribution in [2.75, 3.05) is 0 Å². The predicted molar refractivity (Wildman–Crippen MR) is 32.6 cm³/mol. The minimum Gasteiger partial charge on any atom is -0.283 e. The van der Waals surface area contributed by atoms with E-state index < -0.39 is 22.7 Å². The van der Waals surface area contributed by atoms with Crippen LogP contribution in [0, 0.1) is 0 Å². The lowest BCUT2D eigenvalue weighted by Crippen LogP contribution is -1.96. The van der Waals surface area contributed by atoms with Crippen LogP contribution >= 0.6 is 0 Å². The molecule has 0 bridgehead atoms. The predicted octanol–water partition coefficient (Wildman–Crippen LogP) is -0.612. The summed E-state index contributed by atoms with van der Waals surface area (Å²) in [5.41, 5.74) is 0. The van der Waals surface area contributed by atoms with E-state index in [1.54, 1.807) is 0 Å². The number of hydrogen-bond donors (Lipinski definition) is 2. The molecule has 0 amide bonds. The molecule has 0 atom stereocenters. The van der Waals surface area contributed by atoms with Gasteiger partial charge in [0.1, 0.15) is 0 Å². The number of hydrogen-bond acceptors (Lipinski definition) is 3. The van der Waals surface area contributed by atoms with Gasteiger partial charge in [-0.15, -0.1) is 3.63 Å². The minimum atomic E-state index is -2.65. The maximum Gasteiger partial charge on any atom is 0.317 e. The molecule has 0 heterocycles. The lowest BCUT2D eigenvalue weighted by molar-refractivity contribution is 0.427. The molecule has 0 spiro atoms. The summed E-state index contributed by atoms with van der Waals surface area (Å²) < 4.78 is 37.2. The summed E-state index contributed by atoms with van der Waals surface area (Å²) in [6.45, 7) is 0. The van der Waals surface area contributed by atoms with Crippen LogP contribution in [-0.2, 0) is 26.4 Å². The summed E-state index contributed by atoms with van der Waals surface area (Å²) in [7, 11) is 0. The van der Waals surface area contributed by atoms with Crippen molar-refractivity contribution in [1.82, 2.24) is 0 Å². The van der Waals surface area contributed by atoms with Crippen molar-refractivity contribution in [3.63, 3.8) is 0 Å². The van der Waals surface area contributed by atoms with Crippen LogP contribution < -0.4 is 0 Å². The lowest BCUT2D eigenvalue weighted by Gasteiger charge is -1.82. The van der Waals surface area contributed by atoms with Crippen molar-refractivity contribution in [2.45, 2.75) is 0 Å². The molecule has 0 unspecified atom stereocenters. The molecule has 50 valence electrons. The molecule has 0 rings (SSSR count). The maximum atomic E-state index is 9.35. The van der Waals surface area contributed by atoms with Gasteiger partial charge >= 0.3 is 22.7 Å². The second-order valence-corrected chi connectivity index (χ2v) is 1.92. The second-order valence-electron chi connectivity index (χ2n) is 0.502. The van der Waals surface area contributed by atoms with Gasteiger partial charge in [-0.3, -0.25) is 9.11 Å². The molecule has 2 N–H and O–H groups in total. The van der Waals surface area contributed by atoms with E-state index in [1.165, 1.54) is 0 Å². The molecule has 0 saturated carbocycles. The first-order valence-corrected chi connectivity index (χ1v) is 3.10. The van der Waals surface area contributed by atoms with Gasteiger partial charge in [-0.1, -0.05) is 0 Å². The van der Waals surface area contributed by atoms with E-state index in [-0.39, 0.29) is 25.9 Å². The molecule has 8 heteroatoms. The normalized spacial score (nSPS) is 16.2. The monoisotopic (exact) mass is 174 g/mol. The molecule has 8 heavy (non-hydrogen) atoms. The fraction of sp³-hybridized carbons (Fsp3) is 0. The average Bonchev–Trinajstić information content (AvgIpc) is 1.27. The van der Waals surface area contributed by atoms with Gasteiger partial charge in [-0.05, 0) is 0 Å². The van der Waals surface area contributed by atoms with E-state index in [0.29, 0.717) is 0 Å².